The number of amides is 1. The Morgan fingerprint density at radius 3 is 2.56 bits per heavy atom. The summed E-state index contributed by atoms with van der Waals surface area (Å²) in [6.07, 6.45) is -0.958. The predicted octanol–water partition coefficient (Wildman–Crippen LogP) is 3.36. The average Bonchev–Trinajstić information content (AvgIpc) is 2.92. The monoisotopic (exact) mass is 465 g/mol. The Hall–Kier alpha value is -1.58. The molecule has 1 aliphatic heterocycles. The fraction of sp³-hybridized carbons (Fsp3) is 0.529. The summed E-state index contributed by atoms with van der Waals surface area (Å²) in [5.74, 6) is -0.961. The second kappa shape index (κ2) is 7.76. The normalized spacial score (nSPS) is 20.3. The predicted molar refractivity (Wildman–Crippen MR) is 96.9 cm³/mol. The summed E-state index contributed by atoms with van der Waals surface area (Å²) < 4.78 is 30.5. The molecule has 1 saturated heterocycles. The van der Waals surface area contributed by atoms with Crippen LogP contribution in [0.2, 0.25) is 0 Å². The number of carbonyl (C=O) groups is 2. The Bertz CT molecular complexity index is 661. The van der Waals surface area contributed by atoms with Crippen molar-refractivity contribution < 1.29 is 28.2 Å². The molecule has 0 unspecified atom stereocenters. The molecular weight excluding hydrogens is 444 g/mol. The van der Waals surface area contributed by atoms with Gasteiger partial charge in [-0.05, 0) is 61.6 Å². The quantitative estimate of drug-likeness (QED) is 0.506. The molecule has 25 heavy (non-hydrogen) atoms. The first-order valence-electron chi connectivity index (χ1n) is 7.80. The molecule has 1 aromatic rings. The molecule has 138 valence electrons. The summed E-state index contributed by atoms with van der Waals surface area (Å²) in [4.78, 5) is 25.6. The Morgan fingerprint density at radius 1 is 1.32 bits per heavy atom. The van der Waals surface area contributed by atoms with E-state index in [1.165, 1.54) is 24.1 Å². The van der Waals surface area contributed by atoms with Crippen LogP contribution in [0, 0.1) is 9.39 Å². The molecule has 0 aliphatic carbocycles. The number of nitrogens with zero attached hydrogens (tertiary/aromatic N) is 1. The summed E-state index contributed by atoms with van der Waals surface area (Å²) >= 11 is 2.00. The van der Waals surface area contributed by atoms with Gasteiger partial charge in [0.25, 0.3) is 0 Å². The van der Waals surface area contributed by atoms with E-state index in [0.717, 1.165) is 3.57 Å². The third kappa shape index (κ3) is 5.20. The maximum Gasteiger partial charge on any atom is 0.411 e. The molecule has 0 N–H and O–H groups in total. The SMILES string of the molecule is COC(=O)[C@@H]1C[C@@H](Oc2ccc(I)cc2F)CN1C(=O)OC(C)(C)C. The maximum atomic E-state index is 14.0. The van der Waals surface area contributed by atoms with Gasteiger partial charge in [-0.2, -0.15) is 0 Å². The molecule has 0 aromatic heterocycles. The van der Waals surface area contributed by atoms with Crippen molar-refractivity contribution in [2.24, 2.45) is 0 Å². The van der Waals surface area contributed by atoms with Crippen molar-refractivity contribution in [2.75, 3.05) is 13.7 Å². The smallest absolute Gasteiger partial charge is 0.411 e. The molecule has 2 atom stereocenters. The molecule has 1 fully saturated rings. The van der Waals surface area contributed by atoms with Crippen LogP contribution >= 0.6 is 22.6 Å². The van der Waals surface area contributed by atoms with Gasteiger partial charge in [-0.3, -0.25) is 4.90 Å². The van der Waals surface area contributed by atoms with Gasteiger partial charge >= 0.3 is 12.1 Å². The topological polar surface area (TPSA) is 65.1 Å². The van der Waals surface area contributed by atoms with Crippen LogP contribution in [-0.2, 0) is 14.3 Å². The van der Waals surface area contributed by atoms with Gasteiger partial charge in [0.15, 0.2) is 11.6 Å². The van der Waals surface area contributed by atoms with E-state index in [1.807, 2.05) is 22.6 Å². The average molecular weight is 465 g/mol. The van der Waals surface area contributed by atoms with Gasteiger partial charge in [-0.15, -0.1) is 0 Å². The lowest BCUT2D eigenvalue weighted by Crippen LogP contribution is -2.44. The Morgan fingerprint density at radius 2 is 2.00 bits per heavy atom. The Balaban J connectivity index is 2.14. The fourth-order valence-corrected chi connectivity index (χ4v) is 2.97. The lowest BCUT2D eigenvalue weighted by Gasteiger charge is -2.27. The van der Waals surface area contributed by atoms with E-state index in [9.17, 15) is 14.0 Å². The standard InChI is InChI=1S/C17H21FINO5/c1-17(2,3)25-16(22)20-9-11(8-13(20)15(21)23-4)24-14-6-5-10(19)7-12(14)18/h5-7,11,13H,8-9H2,1-4H3/t11-,13+/m1/s1. The van der Waals surface area contributed by atoms with Gasteiger partial charge in [0.05, 0.1) is 13.7 Å². The number of carbonyl (C=O) groups excluding carboxylic acids is 2. The number of esters is 1. The zero-order chi connectivity index (χ0) is 18.8. The molecule has 2 rings (SSSR count). The number of hydrogen-bond acceptors (Lipinski definition) is 5. The van der Waals surface area contributed by atoms with Crippen LogP contribution in [0.5, 0.6) is 5.75 Å². The third-order valence-corrected chi connectivity index (χ3v) is 4.22. The highest BCUT2D eigenvalue weighted by molar-refractivity contribution is 14.1. The number of ether oxygens (including phenoxy) is 3. The molecule has 6 nitrogen and oxygen atoms in total. The van der Waals surface area contributed by atoms with Crippen LogP contribution in [0.25, 0.3) is 0 Å². The molecular formula is C17H21FINO5. The van der Waals surface area contributed by atoms with Crippen molar-refractivity contribution in [2.45, 2.75) is 44.9 Å². The molecule has 1 aromatic carbocycles. The first-order chi connectivity index (χ1) is 11.6. The number of rotatable bonds is 3. The number of halogens is 2. The molecule has 1 aliphatic rings. The fourth-order valence-electron chi connectivity index (χ4n) is 2.51. The zero-order valence-electron chi connectivity index (χ0n) is 14.5. The number of hydrogen-bond donors (Lipinski definition) is 0. The first-order valence-corrected chi connectivity index (χ1v) is 8.87. The van der Waals surface area contributed by atoms with E-state index in [4.69, 9.17) is 14.2 Å². The van der Waals surface area contributed by atoms with Gasteiger partial charge in [-0.1, -0.05) is 0 Å². The summed E-state index contributed by atoms with van der Waals surface area (Å²) in [7, 11) is 1.25. The van der Waals surface area contributed by atoms with E-state index in [-0.39, 0.29) is 18.7 Å². The molecule has 1 heterocycles. The van der Waals surface area contributed by atoms with Crippen LogP contribution in [-0.4, -0.2) is 48.4 Å². The zero-order valence-corrected chi connectivity index (χ0v) is 16.7. The number of benzene rings is 1. The van der Waals surface area contributed by atoms with Crippen molar-refractivity contribution in [1.29, 1.82) is 0 Å². The van der Waals surface area contributed by atoms with E-state index in [1.54, 1.807) is 26.8 Å². The van der Waals surface area contributed by atoms with Gasteiger partial charge in [-0.25, -0.2) is 14.0 Å². The lowest BCUT2D eigenvalue weighted by atomic mass is 10.2. The molecule has 8 heteroatoms. The maximum absolute atomic E-state index is 14.0. The molecule has 0 radical (unpaired) electrons. The Labute approximate surface area is 159 Å². The van der Waals surface area contributed by atoms with Crippen molar-refractivity contribution >= 4 is 34.7 Å². The van der Waals surface area contributed by atoms with E-state index in [0.29, 0.717) is 0 Å². The molecule has 0 saturated carbocycles. The minimum absolute atomic E-state index is 0.0834. The number of methoxy groups -OCH3 is 1. The van der Waals surface area contributed by atoms with Gasteiger partial charge < -0.3 is 14.2 Å². The van der Waals surface area contributed by atoms with Crippen LogP contribution < -0.4 is 4.74 Å². The van der Waals surface area contributed by atoms with Crippen LogP contribution in [0.4, 0.5) is 9.18 Å². The summed E-state index contributed by atoms with van der Waals surface area (Å²) in [5.41, 5.74) is -0.696. The summed E-state index contributed by atoms with van der Waals surface area (Å²) in [6, 6.07) is 3.78. The van der Waals surface area contributed by atoms with Crippen LogP contribution in [0.3, 0.4) is 0 Å². The van der Waals surface area contributed by atoms with Crippen molar-refractivity contribution in [3.8, 4) is 5.75 Å². The second-order valence-corrected chi connectivity index (χ2v) is 7.97. The highest BCUT2D eigenvalue weighted by Crippen LogP contribution is 2.28. The molecule has 1 amide bonds. The first kappa shape index (κ1) is 19.7. The summed E-state index contributed by atoms with van der Waals surface area (Å²) in [5, 5.41) is 0. The van der Waals surface area contributed by atoms with Gasteiger partial charge in [0.1, 0.15) is 17.7 Å². The second-order valence-electron chi connectivity index (χ2n) is 6.72. The van der Waals surface area contributed by atoms with Crippen LogP contribution in [0.1, 0.15) is 27.2 Å². The highest BCUT2D eigenvalue weighted by atomic mass is 127. The minimum Gasteiger partial charge on any atom is -0.485 e. The van der Waals surface area contributed by atoms with Crippen molar-refractivity contribution in [3.63, 3.8) is 0 Å². The van der Waals surface area contributed by atoms with Crippen molar-refractivity contribution in [1.82, 2.24) is 4.90 Å². The van der Waals surface area contributed by atoms with E-state index in [2.05, 4.69) is 0 Å². The number of likely N-dealkylation sites (tertiary alicyclic amines) is 1. The van der Waals surface area contributed by atoms with E-state index >= 15 is 0 Å². The third-order valence-electron chi connectivity index (χ3n) is 3.55. The van der Waals surface area contributed by atoms with Crippen LogP contribution in [0.15, 0.2) is 18.2 Å². The van der Waals surface area contributed by atoms with Gasteiger partial charge in [0.2, 0.25) is 0 Å². The molecule has 0 spiro atoms. The summed E-state index contributed by atoms with van der Waals surface area (Å²) in [6.45, 7) is 5.33. The molecule has 0 bridgehead atoms. The minimum atomic E-state index is -0.822. The Kier molecular flexibility index (Phi) is 6.12. The van der Waals surface area contributed by atoms with Crippen molar-refractivity contribution in [3.05, 3.63) is 27.6 Å². The largest absolute Gasteiger partial charge is 0.485 e. The van der Waals surface area contributed by atoms with E-state index < -0.39 is 35.6 Å². The highest BCUT2D eigenvalue weighted by Gasteiger charge is 2.43. The lowest BCUT2D eigenvalue weighted by molar-refractivity contribution is -0.145. The van der Waals surface area contributed by atoms with Gasteiger partial charge in [0, 0.05) is 9.99 Å².